The van der Waals surface area contributed by atoms with Crippen molar-refractivity contribution in [2.75, 3.05) is 6.61 Å². The van der Waals surface area contributed by atoms with E-state index >= 15 is 0 Å². The lowest BCUT2D eigenvalue weighted by molar-refractivity contribution is -0.121. The van der Waals surface area contributed by atoms with Gasteiger partial charge in [-0.05, 0) is 36.8 Å². The van der Waals surface area contributed by atoms with E-state index < -0.39 is 5.91 Å². The largest absolute Gasteiger partial charge is 0.494 e. The second kappa shape index (κ2) is 7.78. The third kappa shape index (κ3) is 4.59. The number of benzene rings is 1. The summed E-state index contributed by atoms with van der Waals surface area (Å²) in [6, 6.07) is 10.5. The van der Waals surface area contributed by atoms with E-state index in [4.69, 9.17) is 4.74 Å². The van der Waals surface area contributed by atoms with E-state index in [1.165, 1.54) is 6.20 Å². The third-order valence-corrected chi connectivity index (χ3v) is 2.84. The second-order valence-electron chi connectivity index (χ2n) is 4.50. The molecular weight excluding hydrogens is 282 g/mol. The standard InChI is InChI=1S/C16H17N3O3/c1-2-22-14-7-5-12(6-8-14)10-15(20)18-19-16(21)13-4-3-9-17-11-13/h3-9,11H,2,10H2,1H3,(H,18,20)(H,19,21). The van der Waals surface area contributed by atoms with Gasteiger partial charge in [-0.15, -0.1) is 0 Å². The zero-order valence-electron chi connectivity index (χ0n) is 12.2. The highest BCUT2D eigenvalue weighted by Gasteiger charge is 2.08. The van der Waals surface area contributed by atoms with E-state index in [2.05, 4.69) is 15.8 Å². The van der Waals surface area contributed by atoms with E-state index in [0.717, 1.165) is 11.3 Å². The first kappa shape index (κ1) is 15.5. The lowest BCUT2D eigenvalue weighted by Crippen LogP contribution is -2.42. The first-order chi connectivity index (χ1) is 10.7. The van der Waals surface area contributed by atoms with Crippen LogP contribution >= 0.6 is 0 Å². The zero-order chi connectivity index (χ0) is 15.8. The average molecular weight is 299 g/mol. The topological polar surface area (TPSA) is 80.3 Å². The molecule has 0 atom stereocenters. The van der Waals surface area contributed by atoms with Crippen LogP contribution in [-0.2, 0) is 11.2 Å². The molecule has 0 aliphatic heterocycles. The molecular formula is C16H17N3O3. The fourth-order valence-electron chi connectivity index (χ4n) is 1.80. The number of carbonyl (C=O) groups excluding carboxylic acids is 2. The number of carbonyl (C=O) groups is 2. The number of rotatable bonds is 5. The average Bonchev–Trinajstić information content (AvgIpc) is 2.55. The molecule has 0 unspecified atom stereocenters. The van der Waals surface area contributed by atoms with Gasteiger partial charge in [0.2, 0.25) is 5.91 Å². The Morgan fingerprint density at radius 3 is 2.55 bits per heavy atom. The van der Waals surface area contributed by atoms with Crippen molar-refractivity contribution >= 4 is 11.8 Å². The molecule has 0 spiro atoms. The molecule has 0 fully saturated rings. The molecule has 22 heavy (non-hydrogen) atoms. The van der Waals surface area contributed by atoms with Crippen molar-refractivity contribution in [2.45, 2.75) is 13.3 Å². The summed E-state index contributed by atoms with van der Waals surface area (Å²) in [5, 5.41) is 0. The van der Waals surface area contributed by atoms with Gasteiger partial charge in [-0.1, -0.05) is 12.1 Å². The molecule has 6 nitrogen and oxygen atoms in total. The van der Waals surface area contributed by atoms with Crippen LogP contribution in [-0.4, -0.2) is 23.4 Å². The summed E-state index contributed by atoms with van der Waals surface area (Å²) in [6.07, 6.45) is 3.16. The minimum atomic E-state index is -0.409. The smallest absolute Gasteiger partial charge is 0.271 e. The lowest BCUT2D eigenvalue weighted by Gasteiger charge is -2.08. The van der Waals surface area contributed by atoms with Crippen LogP contribution < -0.4 is 15.6 Å². The van der Waals surface area contributed by atoms with E-state index in [1.807, 2.05) is 19.1 Å². The van der Waals surface area contributed by atoms with Crippen LogP contribution in [0.3, 0.4) is 0 Å². The molecule has 2 amide bonds. The predicted molar refractivity (Wildman–Crippen MR) is 81.2 cm³/mol. The van der Waals surface area contributed by atoms with Crippen molar-refractivity contribution < 1.29 is 14.3 Å². The Balaban J connectivity index is 1.81. The zero-order valence-corrected chi connectivity index (χ0v) is 12.2. The second-order valence-corrected chi connectivity index (χ2v) is 4.50. The first-order valence-electron chi connectivity index (χ1n) is 6.90. The highest BCUT2D eigenvalue weighted by atomic mass is 16.5. The van der Waals surface area contributed by atoms with E-state index in [1.54, 1.807) is 30.5 Å². The normalized spacial score (nSPS) is 9.86. The maximum Gasteiger partial charge on any atom is 0.271 e. The molecule has 0 aliphatic carbocycles. The Kier molecular flexibility index (Phi) is 5.48. The third-order valence-electron chi connectivity index (χ3n) is 2.84. The van der Waals surface area contributed by atoms with Crippen LogP contribution in [0.15, 0.2) is 48.8 Å². The van der Waals surface area contributed by atoms with E-state index in [0.29, 0.717) is 12.2 Å². The van der Waals surface area contributed by atoms with Crippen molar-refractivity contribution in [3.05, 3.63) is 59.9 Å². The minimum absolute atomic E-state index is 0.166. The first-order valence-corrected chi connectivity index (χ1v) is 6.90. The number of hydrogen-bond donors (Lipinski definition) is 2. The Labute approximate surface area is 128 Å². The molecule has 0 aliphatic rings. The van der Waals surface area contributed by atoms with Gasteiger partial charge in [-0.2, -0.15) is 0 Å². The maximum absolute atomic E-state index is 11.8. The molecule has 1 aromatic carbocycles. The van der Waals surface area contributed by atoms with Crippen LogP contribution in [0.4, 0.5) is 0 Å². The fraction of sp³-hybridized carbons (Fsp3) is 0.188. The number of pyridine rings is 1. The lowest BCUT2D eigenvalue weighted by atomic mass is 10.1. The van der Waals surface area contributed by atoms with Gasteiger partial charge in [-0.3, -0.25) is 25.4 Å². The molecule has 2 rings (SSSR count). The monoisotopic (exact) mass is 299 g/mol. The molecule has 1 heterocycles. The van der Waals surface area contributed by atoms with Gasteiger partial charge in [0.1, 0.15) is 5.75 Å². The number of nitrogens with zero attached hydrogens (tertiary/aromatic N) is 1. The van der Waals surface area contributed by atoms with Gasteiger partial charge in [-0.25, -0.2) is 0 Å². The summed E-state index contributed by atoms with van der Waals surface area (Å²) in [7, 11) is 0. The summed E-state index contributed by atoms with van der Waals surface area (Å²) >= 11 is 0. The molecule has 114 valence electrons. The number of amides is 2. The van der Waals surface area contributed by atoms with Crippen molar-refractivity contribution in [2.24, 2.45) is 0 Å². The number of ether oxygens (including phenoxy) is 1. The van der Waals surface area contributed by atoms with Crippen LogP contribution in [0.2, 0.25) is 0 Å². The summed E-state index contributed by atoms with van der Waals surface area (Å²) < 4.78 is 5.33. The van der Waals surface area contributed by atoms with Crippen molar-refractivity contribution in [3.8, 4) is 5.75 Å². The molecule has 0 saturated heterocycles. The molecule has 1 aromatic heterocycles. The highest BCUT2D eigenvalue weighted by molar-refractivity contribution is 5.95. The van der Waals surface area contributed by atoms with Gasteiger partial charge < -0.3 is 4.74 Å². The SMILES string of the molecule is CCOc1ccc(CC(=O)NNC(=O)c2cccnc2)cc1. The molecule has 6 heteroatoms. The van der Waals surface area contributed by atoms with Crippen LogP contribution in [0.1, 0.15) is 22.8 Å². The Morgan fingerprint density at radius 1 is 1.14 bits per heavy atom. The van der Waals surface area contributed by atoms with E-state index in [9.17, 15) is 9.59 Å². The van der Waals surface area contributed by atoms with Crippen molar-refractivity contribution in [1.82, 2.24) is 15.8 Å². The number of hydrazine groups is 1. The summed E-state index contributed by atoms with van der Waals surface area (Å²) in [5.74, 6) is 0.0473. The number of nitrogens with one attached hydrogen (secondary N) is 2. The minimum Gasteiger partial charge on any atom is -0.494 e. The molecule has 0 radical (unpaired) electrons. The Hall–Kier alpha value is -2.89. The van der Waals surface area contributed by atoms with Crippen LogP contribution in [0, 0.1) is 0 Å². The molecule has 0 bridgehead atoms. The molecule has 2 aromatic rings. The van der Waals surface area contributed by atoms with E-state index in [-0.39, 0.29) is 12.3 Å². The Bertz CT molecular complexity index is 627. The summed E-state index contributed by atoms with van der Waals surface area (Å²) in [5.41, 5.74) is 5.93. The number of hydrogen-bond acceptors (Lipinski definition) is 4. The van der Waals surface area contributed by atoms with Crippen LogP contribution in [0.25, 0.3) is 0 Å². The van der Waals surface area contributed by atoms with Gasteiger partial charge in [0.15, 0.2) is 0 Å². The van der Waals surface area contributed by atoms with Crippen molar-refractivity contribution in [1.29, 1.82) is 0 Å². The van der Waals surface area contributed by atoms with Gasteiger partial charge in [0.05, 0.1) is 18.6 Å². The van der Waals surface area contributed by atoms with Gasteiger partial charge >= 0.3 is 0 Å². The van der Waals surface area contributed by atoms with Gasteiger partial charge in [0.25, 0.3) is 5.91 Å². The number of aromatic nitrogens is 1. The van der Waals surface area contributed by atoms with Gasteiger partial charge in [0, 0.05) is 12.4 Å². The predicted octanol–water partition coefficient (Wildman–Crippen LogP) is 1.48. The fourth-order valence-corrected chi connectivity index (χ4v) is 1.80. The molecule has 0 saturated carbocycles. The molecule has 2 N–H and O–H groups in total. The summed E-state index contributed by atoms with van der Waals surface area (Å²) in [4.78, 5) is 27.4. The summed E-state index contributed by atoms with van der Waals surface area (Å²) in [6.45, 7) is 2.51. The maximum atomic E-state index is 11.8. The Morgan fingerprint density at radius 2 is 1.91 bits per heavy atom. The highest BCUT2D eigenvalue weighted by Crippen LogP contribution is 2.12. The quantitative estimate of drug-likeness (QED) is 0.820. The van der Waals surface area contributed by atoms with Crippen LogP contribution in [0.5, 0.6) is 5.75 Å². The van der Waals surface area contributed by atoms with Crippen molar-refractivity contribution in [3.63, 3.8) is 0 Å².